The van der Waals surface area contributed by atoms with Crippen LogP contribution in [0.25, 0.3) is 6.08 Å². The number of carbonyl (C=O) groups excluding carboxylic acids is 1. The molecule has 4 rings (SSSR count). The van der Waals surface area contributed by atoms with E-state index < -0.39 is 23.3 Å². The Morgan fingerprint density at radius 3 is 2.58 bits per heavy atom. The van der Waals surface area contributed by atoms with Gasteiger partial charge in [-0.05, 0) is 54.4 Å². The van der Waals surface area contributed by atoms with E-state index in [1.165, 1.54) is 6.07 Å². The summed E-state index contributed by atoms with van der Waals surface area (Å²) in [6.07, 6.45) is 4.01. The van der Waals surface area contributed by atoms with Crippen LogP contribution in [0.4, 0.5) is 8.78 Å². The number of rotatable bonds is 11. The Balaban J connectivity index is 1.57. The molecule has 1 amide bonds. The lowest BCUT2D eigenvalue weighted by Gasteiger charge is -2.27. The van der Waals surface area contributed by atoms with E-state index in [-0.39, 0.29) is 25.5 Å². The Morgan fingerprint density at radius 1 is 1.11 bits per heavy atom. The SMILES string of the molecule is C[C@H]1OC(c2ccc(OCCCO)cc2)=N[C@@]1(C/C=C/c1ccccc1)C(=O)NCc1ccc(F)c(F)c1. The van der Waals surface area contributed by atoms with Gasteiger partial charge in [0.25, 0.3) is 5.91 Å². The van der Waals surface area contributed by atoms with E-state index in [2.05, 4.69) is 5.32 Å². The molecule has 198 valence electrons. The van der Waals surface area contributed by atoms with Crippen LogP contribution in [0.1, 0.15) is 36.5 Å². The van der Waals surface area contributed by atoms with Gasteiger partial charge in [-0.3, -0.25) is 4.79 Å². The van der Waals surface area contributed by atoms with E-state index in [1.54, 1.807) is 31.2 Å². The largest absolute Gasteiger partial charge is 0.494 e. The van der Waals surface area contributed by atoms with Crippen LogP contribution in [0.3, 0.4) is 0 Å². The Labute approximate surface area is 220 Å². The van der Waals surface area contributed by atoms with Gasteiger partial charge in [0.2, 0.25) is 5.90 Å². The molecule has 38 heavy (non-hydrogen) atoms. The fourth-order valence-corrected chi connectivity index (χ4v) is 4.11. The zero-order valence-electron chi connectivity index (χ0n) is 21.1. The molecule has 2 N–H and O–H groups in total. The maximum Gasteiger partial charge on any atom is 0.252 e. The Kier molecular flexibility index (Phi) is 8.86. The van der Waals surface area contributed by atoms with Crippen LogP contribution >= 0.6 is 0 Å². The van der Waals surface area contributed by atoms with Gasteiger partial charge in [0.05, 0.1) is 6.61 Å². The molecular formula is C30H30F2N2O4. The summed E-state index contributed by atoms with van der Waals surface area (Å²) in [6.45, 7) is 2.26. The van der Waals surface area contributed by atoms with Crippen LogP contribution in [-0.2, 0) is 16.1 Å². The second-order valence-corrected chi connectivity index (χ2v) is 9.00. The van der Waals surface area contributed by atoms with Crippen molar-refractivity contribution in [1.82, 2.24) is 5.32 Å². The quantitative estimate of drug-likeness (QED) is 0.347. The highest BCUT2D eigenvalue weighted by Gasteiger charge is 2.49. The first-order chi connectivity index (χ1) is 18.4. The second-order valence-electron chi connectivity index (χ2n) is 9.00. The lowest BCUT2D eigenvalue weighted by Crippen LogP contribution is -2.50. The maximum absolute atomic E-state index is 13.7. The highest BCUT2D eigenvalue weighted by atomic mass is 19.2. The number of ether oxygens (including phenoxy) is 2. The van der Waals surface area contributed by atoms with Crippen LogP contribution in [-0.4, -0.2) is 41.8 Å². The van der Waals surface area contributed by atoms with Crippen LogP contribution in [0.5, 0.6) is 5.75 Å². The number of benzene rings is 3. The molecule has 0 spiro atoms. The van der Waals surface area contributed by atoms with Gasteiger partial charge in [0.15, 0.2) is 17.2 Å². The van der Waals surface area contributed by atoms with Gasteiger partial charge >= 0.3 is 0 Å². The molecule has 0 aliphatic carbocycles. The third kappa shape index (κ3) is 6.44. The number of hydrogen-bond acceptors (Lipinski definition) is 5. The van der Waals surface area contributed by atoms with Crippen molar-refractivity contribution in [3.8, 4) is 5.75 Å². The molecule has 8 heteroatoms. The summed E-state index contributed by atoms with van der Waals surface area (Å²) < 4.78 is 38.7. The normalized spacial score (nSPS) is 18.7. The molecule has 0 saturated heterocycles. The average Bonchev–Trinajstić information content (AvgIpc) is 3.27. The molecule has 3 aromatic rings. The van der Waals surface area contributed by atoms with E-state index in [0.717, 1.165) is 17.7 Å². The summed E-state index contributed by atoms with van der Waals surface area (Å²) in [5.74, 6) is -1.32. The van der Waals surface area contributed by atoms with E-state index in [9.17, 15) is 13.6 Å². The van der Waals surface area contributed by atoms with Gasteiger partial charge in [0.1, 0.15) is 11.9 Å². The monoisotopic (exact) mass is 520 g/mol. The highest BCUT2D eigenvalue weighted by molar-refractivity contribution is 6.00. The number of nitrogens with one attached hydrogen (secondary N) is 1. The molecule has 0 unspecified atom stereocenters. The summed E-state index contributed by atoms with van der Waals surface area (Å²) in [5, 5.41) is 11.7. The molecule has 3 aromatic carbocycles. The van der Waals surface area contributed by atoms with Gasteiger partial charge in [-0.1, -0.05) is 48.6 Å². The lowest BCUT2D eigenvalue weighted by atomic mass is 9.88. The smallest absolute Gasteiger partial charge is 0.252 e. The van der Waals surface area contributed by atoms with Crippen molar-refractivity contribution < 1.29 is 28.2 Å². The first-order valence-corrected chi connectivity index (χ1v) is 12.5. The maximum atomic E-state index is 13.7. The Morgan fingerprint density at radius 2 is 1.87 bits per heavy atom. The zero-order valence-corrected chi connectivity index (χ0v) is 21.1. The first kappa shape index (κ1) is 27.0. The van der Waals surface area contributed by atoms with E-state index in [1.807, 2.05) is 42.5 Å². The van der Waals surface area contributed by atoms with Crippen LogP contribution in [0, 0.1) is 11.6 Å². The van der Waals surface area contributed by atoms with Crippen molar-refractivity contribution in [3.05, 3.63) is 107 Å². The summed E-state index contributed by atoms with van der Waals surface area (Å²) >= 11 is 0. The molecule has 2 atom stereocenters. The summed E-state index contributed by atoms with van der Waals surface area (Å²) in [7, 11) is 0. The lowest BCUT2D eigenvalue weighted by molar-refractivity contribution is -0.128. The number of amides is 1. The van der Waals surface area contributed by atoms with Gasteiger partial charge in [-0.15, -0.1) is 0 Å². The van der Waals surface area contributed by atoms with Crippen molar-refractivity contribution in [2.24, 2.45) is 4.99 Å². The van der Waals surface area contributed by atoms with Gasteiger partial charge in [0, 0.05) is 31.6 Å². The molecule has 0 saturated carbocycles. The van der Waals surface area contributed by atoms with E-state index in [0.29, 0.717) is 35.8 Å². The van der Waals surface area contributed by atoms with Gasteiger partial charge in [-0.25, -0.2) is 13.8 Å². The minimum absolute atomic E-state index is 0.0115. The predicted molar refractivity (Wildman–Crippen MR) is 142 cm³/mol. The molecule has 0 fully saturated rings. The van der Waals surface area contributed by atoms with Crippen LogP contribution in [0.2, 0.25) is 0 Å². The third-order valence-corrected chi connectivity index (χ3v) is 6.30. The number of aliphatic hydroxyl groups excluding tert-OH is 1. The zero-order chi connectivity index (χ0) is 27.0. The molecule has 1 aliphatic heterocycles. The number of nitrogens with zero attached hydrogens (tertiary/aromatic N) is 1. The summed E-state index contributed by atoms with van der Waals surface area (Å²) in [6, 6.07) is 20.4. The minimum atomic E-state index is -1.27. The number of halogens is 2. The number of aliphatic hydroxyl groups is 1. The van der Waals surface area contributed by atoms with Crippen LogP contribution in [0.15, 0.2) is 83.9 Å². The van der Waals surface area contributed by atoms with E-state index >= 15 is 0 Å². The topological polar surface area (TPSA) is 80.2 Å². The summed E-state index contributed by atoms with van der Waals surface area (Å²) in [4.78, 5) is 18.4. The molecular weight excluding hydrogens is 490 g/mol. The van der Waals surface area contributed by atoms with Crippen LogP contribution < -0.4 is 10.1 Å². The van der Waals surface area contributed by atoms with E-state index in [4.69, 9.17) is 19.6 Å². The number of aliphatic imine (C=N–C) groups is 1. The van der Waals surface area contributed by atoms with Crippen molar-refractivity contribution in [2.75, 3.05) is 13.2 Å². The number of carbonyl (C=O) groups is 1. The fourth-order valence-electron chi connectivity index (χ4n) is 4.11. The van der Waals surface area contributed by atoms with Crippen molar-refractivity contribution in [3.63, 3.8) is 0 Å². The highest BCUT2D eigenvalue weighted by Crippen LogP contribution is 2.33. The summed E-state index contributed by atoms with van der Waals surface area (Å²) in [5.41, 5.74) is 0.834. The molecule has 1 heterocycles. The van der Waals surface area contributed by atoms with Crippen molar-refractivity contribution >= 4 is 17.9 Å². The minimum Gasteiger partial charge on any atom is -0.494 e. The number of hydrogen-bond donors (Lipinski definition) is 2. The third-order valence-electron chi connectivity index (χ3n) is 6.30. The van der Waals surface area contributed by atoms with Gasteiger partial charge in [-0.2, -0.15) is 0 Å². The molecule has 6 nitrogen and oxygen atoms in total. The van der Waals surface area contributed by atoms with Crippen molar-refractivity contribution in [1.29, 1.82) is 0 Å². The molecule has 0 aromatic heterocycles. The fraction of sp³-hybridized carbons (Fsp3) is 0.267. The van der Waals surface area contributed by atoms with Gasteiger partial charge < -0.3 is 19.9 Å². The standard InChI is InChI=1S/C30H30F2N2O4/c1-21-30(16-5-9-22-7-3-2-4-8-22,29(36)33-20-23-10-15-26(31)27(32)19-23)34-28(38-21)24-11-13-25(14-12-24)37-18-6-17-35/h2-5,7-15,19,21,35H,6,16-18,20H2,1H3,(H,33,36)/b9-5+/t21-,30-/m1/s1. The molecule has 1 aliphatic rings. The average molecular weight is 521 g/mol. The molecule has 0 bridgehead atoms. The predicted octanol–water partition coefficient (Wildman–Crippen LogP) is 5.05. The Hall–Kier alpha value is -4.04. The Bertz CT molecular complexity index is 1300. The molecule has 0 radical (unpaired) electrons. The second kappa shape index (κ2) is 12.5. The first-order valence-electron chi connectivity index (χ1n) is 12.5. The van der Waals surface area contributed by atoms with Crippen molar-refractivity contribution in [2.45, 2.75) is 38.0 Å².